The Morgan fingerprint density at radius 3 is 2.07 bits per heavy atom. The van der Waals surface area contributed by atoms with Crippen molar-refractivity contribution in [2.45, 2.75) is 66.6 Å². The van der Waals surface area contributed by atoms with E-state index in [1.165, 1.54) is 16.7 Å². The third kappa shape index (κ3) is 5.95. The van der Waals surface area contributed by atoms with Crippen LogP contribution in [0.3, 0.4) is 0 Å². The zero-order valence-corrected chi connectivity index (χ0v) is 17.9. The molecule has 1 atom stereocenters. The lowest BCUT2D eigenvalue weighted by Crippen LogP contribution is -2.49. The number of nitrogens with zero attached hydrogens (tertiary/aromatic N) is 1. The van der Waals surface area contributed by atoms with Gasteiger partial charge in [0.2, 0.25) is 11.8 Å². The minimum atomic E-state index is -0.539. The summed E-state index contributed by atoms with van der Waals surface area (Å²) in [4.78, 5) is 27.4. The maximum absolute atomic E-state index is 13.2. The summed E-state index contributed by atoms with van der Waals surface area (Å²) in [6, 6.07) is 13.7. The molecule has 2 aromatic carbocycles. The largest absolute Gasteiger partial charge is 0.352 e. The lowest BCUT2D eigenvalue weighted by Gasteiger charge is -2.29. The molecule has 0 saturated carbocycles. The van der Waals surface area contributed by atoms with Crippen molar-refractivity contribution >= 4 is 11.8 Å². The minimum absolute atomic E-state index is 0.0334. The highest BCUT2D eigenvalue weighted by molar-refractivity contribution is 5.88. The highest BCUT2D eigenvalue weighted by Crippen LogP contribution is 2.15. The van der Waals surface area contributed by atoms with Crippen molar-refractivity contribution in [2.24, 2.45) is 0 Å². The van der Waals surface area contributed by atoms with Crippen LogP contribution in [0.15, 0.2) is 42.5 Å². The number of nitrogens with one attached hydrogen (secondary N) is 1. The van der Waals surface area contributed by atoms with E-state index in [2.05, 4.69) is 18.3 Å². The van der Waals surface area contributed by atoms with Crippen molar-refractivity contribution in [1.82, 2.24) is 10.2 Å². The first-order valence-electron chi connectivity index (χ1n) is 9.89. The molecule has 150 valence electrons. The van der Waals surface area contributed by atoms with E-state index in [4.69, 9.17) is 0 Å². The summed E-state index contributed by atoms with van der Waals surface area (Å²) in [6.45, 7) is 12.2. The Labute approximate surface area is 169 Å². The average molecular weight is 381 g/mol. The molecule has 2 amide bonds. The molecule has 0 aromatic heterocycles. The molecule has 0 aliphatic heterocycles. The van der Waals surface area contributed by atoms with Crippen LogP contribution in [0.1, 0.15) is 48.6 Å². The Morgan fingerprint density at radius 2 is 1.50 bits per heavy atom. The molecule has 0 radical (unpaired) electrons. The molecule has 0 saturated heterocycles. The predicted octanol–water partition coefficient (Wildman–Crippen LogP) is 4.10. The standard InChI is InChI=1S/C24H32N2O2/c1-16(2)25-24(28)20(6)26(15-21-10-7-17(3)8-11-21)23(27)14-22-12-9-18(4)19(5)13-22/h7-13,16,20H,14-15H2,1-6H3,(H,25,28)/t20-/m1/s1. The van der Waals surface area contributed by atoms with E-state index in [0.717, 1.165) is 11.1 Å². The minimum Gasteiger partial charge on any atom is -0.352 e. The van der Waals surface area contributed by atoms with E-state index >= 15 is 0 Å². The van der Waals surface area contributed by atoms with Crippen molar-refractivity contribution in [1.29, 1.82) is 0 Å². The fraction of sp³-hybridized carbons (Fsp3) is 0.417. The van der Waals surface area contributed by atoms with Gasteiger partial charge in [0.15, 0.2) is 0 Å². The van der Waals surface area contributed by atoms with Gasteiger partial charge in [-0.25, -0.2) is 0 Å². The molecule has 28 heavy (non-hydrogen) atoms. The topological polar surface area (TPSA) is 49.4 Å². The van der Waals surface area contributed by atoms with Gasteiger partial charge in [-0.15, -0.1) is 0 Å². The Hall–Kier alpha value is -2.62. The summed E-state index contributed by atoms with van der Waals surface area (Å²) < 4.78 is 0. The number of hydrogen-bond acceptors (Lipinski definition) is 2. The first-order valence-corrected chi connectivity index (χ1v) is 9.89. The van der Waals surface area contributed by atoms with Gasteiger partial charge in [0.05, 0.1) is 6.42 Å². The van der Waals surface area contributed by atoms with Gasteiger partial charge in [0.1, 0.15) is 6.04 Å². The molecule has 0 heterocycles. The van der Waals surface area contributed by atoms with E-state index in [1.807, 2.05) is 64.1 Å². The molecule has 4 nitrogen and oxygen atoms in total. The van der Waals surface area contributed by atoms with Crippen molar-refractivity contribution < 1.29 is 9.59 Å². The van der Waals surface area contributed by atoms with Gasteiger partial charge in [-0.1, -0.05) is 48.0 Å². The molecule has 0 fully saturated rings. The Kier molecular flexibility index (Phi) is 7.38. The molecule has 2 rings (SSSR count). The van der Waals surface area contributed by atoms with Gasteiger partial charge < -0.3 is 10.2 Å². The fourth-order valence-corrected chi connectivity index (χ4v) is 3.07. The van der Waals surface area contributed by atoms with Crippen LogP contribution in [0.25, 0.3) is 0 Å². The van der Waals surface area contributed by atoms with Crippen molar-refractivity contribution in [3.8, 4) is 0 Å². The molecule has 0 aliphatic rings. The second-order valence-corrected chi connectivity index (χ2v) is 7.94. The predicted molar refractivity (Wildman–Crippen MR) is 114 cm³/mol. The van der Waals surface area contributed by atoms with Gasteiger partial charge in [-0.05, 0) is 63.8 Å². The van der Waals surface area contributed by atoms with Crippen molar-refractivity contribution in [2.75, 3.05) is 0 Å². The molecule has 0 aliphatic carbocycles. The van der Waals surface area contributed by atoms with E-state index in [9.17, 15) is 9.59 Å². The summed E-state index contributed by atoms with van der Waals surface area (Å²) in [5, 5.41) is 2.92. The van der Waals surface area contributed by atoms with Gasteiger partial charge >= 0.3 is 0 Å². The van der Waals surface area contributed by atoms with Crippen LogP contribution in [0.5, 0.6) is 0 Å². The number of carbonyl (C=O) groups is 2. The van der Waals surface area contributed by atoms with E-state index in [1.54, 1.807) is 11.8 Å². The van der Waals surface area contributed by atoms with Crippen LogP contribution in [0, 0.1) is 20.8 Å². The van der Waals surface area contributed by atoms with Crippen molar-refractivity contribution in [3.05, 3.63) is 70.3 Å². The lowest BCUT2D eigenvalue weighted by atomic mass is 10.0. The number of aryl methyl sites for hydroxylation is 3. The maximum Gasteiger partial charge on any atom is 0.242 e. The monoisotopic (exact) mass is 380 g/mol. The van der Waals surface area contributed by atoms with Gasteiger partial charge in [-0.2, -0.15) is 0 Å². The molecule has 2 aromatic rings. The maximum atomic E-state index is 13.2. The van der Waals surface area contributed by atoms with Gasteiger partial charge in [0.25, 0.3) is 0 Å². The smallest absolute Gasteiger partial charge is 0.242 e. The third-order valence-corrected chi connectivity index (χ3v) is 5.00. The van der Waals surface area contributed by atoms with Crippen LogP contribution >= 0.6 is 0 Å². The van der Waals surface area contributed by atoms with Crippen molar-refractivity contribution in [3.63, 3.8) is 0 Å². The second-order valence-electron chi connectivity index (χ2n) is 7.94. The first-order chi connectivity index (χ1) is 13.2. The average Bonchev–Trinajstić information content (AvgIpc) is 2.63. The molecule has 1 N–H and O–H groups in total. The Balaban J connectivity index is 2.24. The number of hydrogen-bond donors (Lipinski definition) is 1. The molecular weight excluding hydrogens is 348 g/mol. The van der Waals surface area contributed by atoms with Gasteiger partial charge in [-0.3, -0.25) is 9.59 Å². The van der Waals surface area contributed by atoms with Crippen LogP contribution < -0.4 is 5.32 Å². The lowest BCUT2D eigenvalue weighted by molar-refractivity contribution is -0.140. The summed E-state index contributed by atoms with van der Waals surface area (Å²) in [7, 11) is 0. The normalized spacial score (nSPS) is 12.0. The second kappa shape index (κ2) is 9.54. The number of benzene rings is 2. The number of rotatable bonds is 7. The summed E-state index contributed by atoms with van der Waals surface area (Å²) >= 11 is 0. The third-order valence-electron chi connectivity index (χ3n) is 5.00. The molecule has 0 spiro atoms. The SMILES string of the molecule is Cc1ccc(CN(C(=O)Cc2ccc(C)c(C)c2)[C@H](C)C(=O)NC(C)C)cc1. The molecular formula is C24H32N2O2. The van der Waals surface area contributed by atoms with Gasteiger partial charge in [0, 0.05) is 12.6 Å². The molecule has 4 heteroatoms. The van der Waals surface area contributed by atoms with E-state index in [0.29, 0.717) is 6.54 Å². The quantitative estimate of drug-likeness (QED) is 0.786. The van der Waals surface area contributed by atoms with Crippen LogP contribution in [0.2, 0.25) is 0 Å². The highest BCUT2D eigenvalue weighted by Gasteiger charge is 2.26. The molecule has 0 unspecified atom stereocenters. The fourth-order valence-electron chi connectivity index (χ4n) is 3.07. The van der Waals surface area contributed by atoms with Crippen LogP contribution in [0.4, 0.5) is 0 Å². The summed E-state index contributed by atoms with van der Waals surface area (Å²) in [6.07, 6.45) is 0.284. The zero-order valence-electron chi connectivity index (χ0n) is 17.9. The highest BCUT2D eigenvalue weighted by atomic mass is 16.2. The Morgan fingerprint density at radius 1 is 0.893 bits per heavy atom. The first kappa shape index (κ1) is 21.7. The zero-order chi connectivity index (χ0) is 20.8. The Bertz CT molecular complexity index is 825. The van der Waals surface area contributed by atoms with Crippen LogP contribution in [-0.2, 0) is 22.6 Å². The molecule has 0 bridgehead atoms. The number of carbonyl (C=O) groups excluding carboxylic acids is 2. The summed E-state index contributed by atoms with van der Waals surface area (Å²) in [5.74, 6) is -0.175. The van der Waals surface area contributed by atoms with E-state index < -0.39 is 6.04 Å². The van der Waals surface area contributed by atoms with Crippen LogP contribution in [-0.4, -0.2) is 28.8 Å². The summed E-state index contributed by atoms with van der Waals surface area (Å²) in [5.41, 5.74) is 5.53. The number of amides is 2. The van der Waals surface area contributed by atoms with E-state index in [-0.39, 0.29) is 24.3 Å².